The minimum absolute atomic E-state index is 0.594. The molecule has 2 N–H and O–H groups in total. The lowest BCUT2D eigenvalue weighted by Gasteiger charge is -1.94. The Morgan fingerprint density at radius 2 is 2.32 bits per heavy atom. The quantitative estimate of drug-likeness (QED) is 0.741. The van der Waals surface area contributed by atoms with Crippen LogP contribution in [0.25, 0.3) is 11.5 Å². The number of thioether (sulfide) groups is 1. The molecular formula is C12H11N3O2S2. The lowest BCUT2D eigenvalue weighted by molar-refractivity contribution is 0.413. The van der Waals surface area contributed by atoms with Gasteiger partial charge in [-0.1, -0.05) is 16.5 Å². The second-order valence-corrected chi connectivity index (χ2v) is 6.15. The molecular weight excluding hydrogens is 282 g/mol. The minimum atomic E-state index is 0.594. The first-order valence-electron chi connectivity index (χ1n) is 5.57. The van der Waals surface area contributed by atoms with E-state index < -0.39 is 0 Å². The van der Waals surface area contributed by atoms with Crippen LogP contribution in [0.3, 0.4) is 0 Å². The van der Waals surface area contributed by atoms with Gasteiger partial charge in [0.15, 0.2) is 10.9 Å². The Bertz CT molecular complexity index is 673. The Hall–Kier alpha value is -1.73. The molecule has 7 heteroatoms. The smallest absolute Gasteiger partial charge is 0.202 e. The monoisotopic (exact) mass is 293 g/mol. The number of nitrogens with two attached hydrogens (primary N) is 1. The lowest BCUT2D eigenvalue weighted by Crippen LogP contribution is -1.81. The van der Waals surface area contributed by atoms with Gasteiger partial charge in [0.1, 0.15) is 0 Å². The number of rotatable bonds is 4. The van der Waals surface area contributed by atoms with Gasteiger partial charge in [-0.2, -0.15) is 0 Å². The molecule has 0 bridgehead atoms. The number of thiazole rings is 1. The van der Waals surface area contributed by atoms with E-state index in [0.717, 1.165) is 15.6 Å². The fourth-order valence-corrected chi connectivity index (χ4v) is 3.49. The van der Waals surface area contributed by atoms with Crippen LogP contribution >= 0.6 is 23.1 Å². The number of aryl methyl sites for hydroxylation is 1. The van der Waals surface area contributed by atoms with Crippen molar-refractivity contribution in [1.82, 2.24) is 10.1 Å². The van der Waals surface area contributed by atoms with E-state index in [1.54, 1.807) is 18.0 Å². The van der Waals surface area contributed by atoms with Crippen molar-refractivity contribution < 1.29 is 8.94 Å². The van der Waals surface area contributed by atoms with Crippen molar-refractivity contribution in [2.45, 2.75) is 16.9 Å². The Balaban J connectivity index is 1.69. The van der Waals surface area contributed by atoms with Gasteiger partial charge in [-0.25, -0.2) is 4.98 Å². The molecule has 19 heavy (non-hydrogen) atoms. The Kier molecular flexibility index (Phi) is 3.31. The van der Waals surface area contributed by atoms with Crippen LogP contribution in [0, 0.1) is 6.92 Å². The van der Waals surface area contributed by atoms with E-state index in [1.165, 1.54) is 11.3 Å². The molecule has 0 unspecified atom stereocenters. The average molecular weight is 293 g/mol. The molecule has 0 aliphatic carbocycles. The van der Waals surface area contributed by atoms with Crippen LogP contribution in [0.1, 0.15) is 11.4 Å². The van der Waals surface area contributed by atoms with E-state index >= 15 is 0 Å². The molecule has 3 rings (SSSR count). The molecule has 0 aliphatic rings. The van der Waals surface area contributed by atoms with Gasteiger partial charge >= 0.3 is 0 Å². The van der Waals surface area contributed by atoms with Gasteiger partial charge in [0.25, 0.3) is 0 Å². The molecule has 3 heterocycles. The SMILES string of the molecule is Cc1nc(N)sc1SCc1cc(-c2ccco2)on1. The van der Waals surface area contributed by atoms with Gasteiger partial charge in [-0.05, 0) is 19.1 Å². The van der Waals surface area contributed by atoms with Crippen LogP contribution in [0.2, 0.25) is 0 Å². The van der Waals surface area contributed by atoms with Crippen LogP contribution in [-0.2, 0) is 5.75 Å². The first-order chi connectivity index (χ1) is 9.22. The first-order valence-corrected chi connectivity index (χ1v) is 7.38. The van der Waals surface area contributed by atoms with E-state index in [9.17, 15) is 0 Å². The number of anilines is 1. The molecule has 0 atom stereocenters. The van der Waals surface area contributed by atoms with E-state index in [2.05, 4.69) is 10.1 Å². The predicted molar refractivity (Wildman–Crippen MR) is 75.0 cm³/mol. The molecule has 98 valence electrons. The average Bonchev–Trinajstić information content (AvgIpc) is 3.07. The fourth-order valence-electron chi connectivity index (χ4n) is 1.59. The number of hydrogen-bond donors (Lipinski definition) is 1. The van der Waals surface area contributed by atoms with Gasteiger partial charge in [0.05, 0.1) is 21.9 Å². The topological polar surface area (TPSA) is 78.1 Å². The molecule has 0 aromatic carbocycles. The summed E-state index contributed by atoms with van der Waals surface area (Å²) < 4.78 is 11.6. The van der Waals surface area contributed by atoms with Crippen molar-refractivity contribution in [3.05, 3.63) is 35.9 Å². The maximum Gasteiger partial charge on any atom is 0.202 e. The van der Waals surface area contributed by atoms with Gasteiger partial charge < -0.3 is 14.7 Å². The largest absolute Gasteiger partial charge is 0.461 e. The molecule has 0 radical (unpaired) electrons. The summed E-state index contributed by atoms with van der Waals surface area (Å²) >= 11 is 3.15. The molecule has 3 aromatic heterocycles. The summed E-state index contributed by atoms with van der Waals surface area (Å²) in [6, 6.07) is 5.53. The van der Waals surface area contributed by atoms with Crippen molar-refractivity contribution >= 4 is 28.2 Å². The highest BCUT2D eigenvalue weighted by molar-refractivity contribution is 8.00. The highest BCUT2D eigenvalue weighted by atomic mass is 32.2. The van der Waals surface area contributed by atoms with Crippen molar-refractivity contribution in [3.63, 3.8) is 0 Å². The Labute approximate surface area is 117 Å². The number of hydrogen-bond acceptors (Lipinski definition) is 7. The fraction of sp³-hybridized carbons (Fsp3) is 0.167. The summed E-state index contributed by atoms with van der Waals surface area (Å²) in [4.78, 5) is 4.19. The molecule has 0 aliphatic heterocycles. The third-order valence-corrected chi connectivity index (χ3v) is 4.83. The van der Waals surface area contributed by atoms with Gasteiger partial charge in [0.2, 0.25) is 5.76 Å². The summed E-state index contributed by atoms with van der Waals surface area (Å²) in [5.41, 5.74) is 7.49. The van der Waals surface area contributed by atoms with Crippen molar-refractivity contribution in [2.24, 2.45) is 0 Å². The second-order valence-electron chi connectivity index (χ2n) is 3.87. The predicted octanol–water partition coefficient (Wildman–Crippen LogP) is 3.57. The Morgan fingerprint density at radius 3 is 3.00 bits per heavy atom. The van der Waals surface area contributed by atoms with E-state index in [4.69, 9.17) is 14.7 Å². The molecule has 0 saturated carbocycles. The summed E-state index contributed by atoms with van der Waals surface area (Å²) in [6.07, 6.45) is 1.61. The van der Waals surface area contributed by atoms with Gasteiger partial charge in [-0.3, -0.25) is 0 Å². The zero-order valence-corrected chi connectivity index (χ0v) is 11.8. The zero-order chi connectivity index (χ0) is 13.2. The van der Waals surface area contributed by atoms with Crippen LogP contribution < -0.4 is 5.73 Å². The zero-order valence-electron chi connectivity index (χ0n) is 10.1. The number of nitrogens with zero attached hydrogens (tertiary/aromatic N) is 2. The Morgan fingerprint density at radius 1 is 1.42 bits per heavy atom. The van der Waals surface area contributed by atoms with Crippen LogP contribution in [0.15, 0.2) is 37.6 Å². The van der Waals surface area contributed by atoms with Crippen molar-refractivity contribution in [1.29, 1.82) is 0 Å². The summed E-state index contributed by atoms with van der Waals surface area (Å²) in [5, 5.41) is 4.61. The maximum atomic E-state index is 5.66. The summed E-state index contributed by atoms with van der Waals surface area (Å²) in [7, 11) is 0. The van der Waals surface area contributed by atoms with Crippen LogP contribution in [0.4, 0.5) is 5.13 Å². The van der Waals surface area contributed by atoms with Crippen molar-refractivity contribution in [3.8, 4) is 11.5 Å². The molecule has 3 aromatic rings. The van der Waals surface area contributed by atoms with E-state index in [-0.39, 0.29) is 0 Å². The molecule has 0 amide bonds. The normalized spacial score (nSPS) is 11.0. The summed E-state index contributed by atoms with van der Waals surface area (Å²) in [6.45, 7) is 1.95. The number of furan rings is 1. The summed E-state index contributed by atoms with van der Waals surface area (Å²) in [5.74, 6) is 2.04. The maximum absolute atomic E-state index is 5.66. The second kappa shape index (κ2) is 5.10. The highest BCUT2D eigenvalue weighted by Crippen LogP contribution is 2.33. The standard InChI is InChI=1S/C12H11N3O2S2/c1-7-11(19-12(13)14-7)18-6-8-5-10(17-15-8)9-3-2-4-16-9/h2-5H,6H2,1H3,(H2,13,14). The minimum Gasteiger partial charge on any atom is -0.461 e. The van der Waals surface area contributed by atoms with E-state index in [0.29, 0.717) is 22.4 Å². The van der Waals surface area contributed by atoms with Gasteiger partial charge in [0, 0.05) is 11.8 Å². The third kappa shape index (κ3) is 2.66. The molecule has 5 nitrogen and oxygen atoms in total. The van der Waals surface area contributed by atoms with Crippen LogP contribution in [0.5, 0.6) is 0 Å². The third-order valence-electron chi connectivity index (χ3n) is 2.44. The number of nitrogen functional groups attached to an aromatic ring is 1. The number of aromatic nitrogens is 2. The first kappa shape index (κ1) is 12.3. The van der Waals surface area contributed by atoms with Gasteiger partial charge in [-0.15, -0.1) is 11.8 Å². The molecule has 0 spiro atoms. The highest BCUT2D eigenvalue weighted by Gasteiger charge is 2.11. The molecule has 0 saturated heterocycles. The molecule has 0 fully saturated rings. The van der Waals surface area contributed by atoms with Crippen LogP contribution in [-0.4, -0.2) is 10.1 Å². The lowest BCUT2D eigenvalue weighted by atomic mass is 10.3. The van der Waals surface area contributed by atoms with Crippen molar-refractivity contribution in [2.75, 3.05) is 5.73 Å². The van der Waals surface area contributed by atoms with E-state index in [1.807, 2.05) is 25.1 Å².